The van der Waals surface area contributed by atoms with E-state index in [2.05, 4.69) is 10.3 Å². The Morgan fingerprint density at radius 2 is 1.92 bits per heavy atom. The number of hydrogen-bond donors (Lipinski definition) is 1. The molecule has 0 unspecified atom stereocenters. The summed E-state index contributed by atoms with van der Waals surface area (Å²) in [5.41, 5.74) is 0.895. The predicted molar refractivity (Wildman–Crippen MR) is 95.4 cm³/mol. The molecule has 0 saturated heterocycles. The number of hydrogen-bond acceptors (Lipinski definition) is 3. The van der Waals surface area contributed by atoms with Crippen LogP contribution in [0.1, 0.15) is 19.4 Å². The highest BCUT2D eigenvalue weighted by molar-refractivity contribution is 6.33. The van der Waals surface area contributed by atoms with E-state index in [1.807, 2.05) is 13.0 Å². The molecule has 0 bridgehead atoms. The number of nitrogens with zero attached hydrogens (tertiary/aromatic N) is 2. The van der Waals surface area contributed by atoms with Gasteiger partial charge in [0.1, 0.15) is 6.04 Å². The molecule has 1 atom stereocenters. The Kier molecular flexibility index (Phi) is 4.62. The standard InChI is InChI=1S/C18H16ClN3O2/c1-2-16(17(23)21-15-10-6-4-8-13(15)19)22-11-20-14-9-5-3-7-12(14)18(22)24/h3-11,16H,2H2,1H3,(H,21,23)/t16-/m1/s1. The fourth-order valence-electron chi connectivity index (χ4n) is 2.59. The number of halogens is 1. The van der Waals surface area contributed by atoms with Crippen LogP contribution in [0.15, 0.2) is 59.7 Å². The van der Waals surface area contributed by atoms with Crippen molar-refractivity contribution in [1.82, 2.24) is 9.55 Å². The van der Waals surface area contributed by atoms with E-state index in [9.17, 15) is 9.59 Å². The molecular formula is C18H16ClN3O2. The van der Waals surface area contributed by atoms with Gasteiger partial charge in [-0.25, -0.2) is 4.98 Å². The van der Waals surface area contributed by atoms with Crippen LogP contribution in [0.4, 0.5) is 5.69 Å². The van der Waals surface area contributed by atoms with Crippen LogP contribution in [-0.2, 0) is 4.79 Å². The normalized spacial score (nSPS) is 12.1. The predicted octanol–water partition coefficient (Wildman–Crippen LogP) is 3.64. The van der Waals surface area contributed by atoms with E-state index >= 15 is 0 Å². The zero-order valence-corrected chi connectivity index (χ0v) is 13.8. The summed E-state index contributed by atoms with van der Waals surface area (Å²) in [6.45, 7) is 1.85. The van der Waals surface area contributed by atoms with Crippen molar-refractivity contribution in [3.05, 3.63) is 70.2 Å². The summed E-state index contributed by atoms with van der Waals surface area (Å²) in [5, 5.41) is 3.72. The summed E-state index contributed by atoms with van der Waals surface area (Å²) in [5.74, 6) is -0.301. The number of aromatic nitrogens is 2. The number of para-hydroxylation sites is 2. The molecule has 5 nitrogen and oxygen atoms in total. The average Bonchev–Trinajstić information content (AvgIpc) is 2.60. The van der Waals surface area contributed by atoms with Crippen LogP contribution in [0, 0.1) is 0 Å². The number of carbonyl (C=O) groups is 1. The molecule has 1 aromatic heterocycles. The number of fused-ring (bicyclic) bond motifs is 1. The molecule has 0 radical (unpaired) electrons. The molecule has 2 aromatic carbocycles. The van der Waals surface area contributed by atoms with Crippen molar-refractivity contribution in [2.75, 3.05) is 5.32 Å². The van der Waals surface area contributed by atoms with E-state index in [-0.39, 0.29) is 11.5 Å². The van der Waals surface area contributed by atoms with Gasteiger partial charge < -0.3 is 5.32 Å². The van der Waals surface area contributed by atoms with Crippen molar-refractivity contribution in [3.63, 3.8) is 0 Å². The quantitative estimate of drug-likeness (QED) is 0.788. The molecule has 122 valence electrons. The van der Waals surface area contributed by atoms with Gasteiger partial charge in [-0.2, -0.15) is 0 Å². The Morgan fingerprint density at radius 1 is 1.21 bits per heavy atom. The molecule has 3 rings (SSSR count). The van der Waals surface area contributed by atoms with Crippen molar-refractivity contribution >= 4 is 34.1 Å². The van der Waals surface area contributed by atoms with Crippen LogP contribution < -0.4 is 10.9 Å². The highest BCUT2D eigenvalue weighted by Crippen LogP contribution is 2.22. The van der Waals surface area contributed by atoms with Crippen LogP contribution in [0.2, 0.25) is 5.02 Å². The summed E-state index contributed by atoms with van der Waals surface area (Å²) in [6, 6.07) is 13.4. The van der Waals surface area contributed by atoms with E-state index in [1.165, 1.54) is 10.9 Å². The van der Waals surface area contributed by atoms with Gasteiger partial charge in [0.15, 0.2) is 0 Å². The Labute approximate surface area is 143 Å². The number of carbonyl (C=O) groups excluding carboxylic acids is 1. The molecule has 1 heterocycles. The second kappa shape index (κ2) is 6.84. The highest BCUT2D eigenvalue weighted by atomic mass is 35.5. The lowest BCUT2D eigenvalue weighted by atomic mass is 10.1. The van der Waals surface area contributed by atoms with E-state index in [0.29, 0.717) is 28.0 Å². The van der Waals surface area contributed by atoms with E-state index in [0.717, 1.165) is 0 Å². The summed E-state index contributed by atoms with van der Waals surface area (Å²) in [6.07, 6.45) is 1.88. The zero-order valence-electron chi connectivity index (χ0n) is 13.1. The molecule has 1 amide bonds. The molecular weight excluding hydrogens is 326 g/mol. The maximum atomic E-state index is 12.7. The first-order valence-electron chi connectivity index (χ1n) is 7.63. The molecule has 3 aromatic rings. The zero-order chi connectivity index (χ0) is 17.1. The Bertz CT molecular complexity index is 952. The van der Waals surface area contributed by atoms with Crippen molar-refractivity contribution < 1.29 is 4.79 Å². The van der Waals surface area contributed by atoms with Gasteiger partial charge in [-0.15, -0.1) is 0 Å². The Morgan fingerprint density at radius 3 is 2.67 bits per heavy atom. The average molecular weight is 342 g/mol. The number of nitrogens with one attached hydrogen (secondary N) is 1. The Hall–Kier alpha value is -2.66. The van der Waals surface area contributed by atoms with Crippen molar-refractivity contribution in [1.29, 1.82) is 0 Å². The second-order valence-electron chi connectivity index (χ2n) is 5.37. The van der Waals surface area contributed by atoms with Crippen molar-refractivity contribution in [2.45, 2.75) is 19.4 Å². The lowest BCUT2D eigenvalue weighted by Gasteiger charge is -2.18. The number of benzene rings is 2. The lowest BCUT2D eigenvalue weighted by molar-refractivity contribution is -0.119. The van der Waals surface area contributed by atoms with Crippen molar-refractivity contribution in [2.24, 2.45) is 0 Å². The summed E-state index contributed by atoms with van der Waals surface area (Å²) in [7, 11) is 0. The third-order valence-corrected chi connectivity index (χ3v) is 4.18. The fraction of sp³-hybridized carbons (Fsp3) is 0.167. The minimum absolute atomic E-state index is 0.234. The van der Waals surface area contributed by atoms with Gasteiger partial charge in [0, 0.05) is 0 Å². The van der Waals surface area contributed by atoms with E-state index < -0.39 is 6.04 Å². The van der Waals surface area contributed by atoms with Gasteiger partial charge in [0.25, 0.3) is 5.56 Å². The summed E-state index contributed by atoms with van der Waals surface area (Å²) >= 11 is 6.08. The minimum atomic E-state index is -0.661. The second-order valence-corrected chi connectivity index (χ2v) is 5.77. The van der Waals surface area contributed by atoms with Gasteiger partial charge in [-0.05, 0) is 30.7 Å². The summed E-state index contributed by atoms with van der Waals surface area (Å²) < 4.78 is 1.37. The highest BCUT2D eigenvalue weighted by Gasteiger charge is 2.21. The van der Waals surface area contributed by atoms with Crippen LogP contribution >= 0.6 is 11.6 Å². The maximum absolute atomic E-state index is 12.7. The molecule has 0 aliphatic rings. The monoisotopic (exact) mass is 341 g/mol. The number of amides is 1. The minimum Gasteiger partial charge on any atom is -0.323 e. The number of anilines is 1. The van der Waals surface area contributed by atoms with Crippen LogP contribution in [0.5, 0.6) is 0 Å². The summed E-state index contributed by atoms with van der Waals surface area (Å²) in [4.78, 5) is 29.6. The van der Waals surface area contributed by atoms with E-state index in [1.54, 1.807) is 42.5 Å². The van der Waals surface area contributed by atoms with Crippen molar-refractivity contribution in [3.8, 4) is 0 Å². The van der Waals surface area contributed by atoms with Gasteiger partial charge in [-0.3, -0.25) is 14.2 Å². The molecule has 24 heavy (non-hydrogen) atoms. The van der Waals surface area contributed by atoms with Gasteiger partial charge in [0.05, 0.1) is 27.9 Å². The first-order valence-corrected chi connectivity index (χ1v) is 8.01. The molecule has 0 aliphatic carbocycles. The van der Waals surface area contributed by atoms with E-state index in [4.69, 9.17) is 11.6 Å². The fourth-order valence-corrected chi connectivity index (χ4v) is 2.78. The lowest BCUT2D eigenvalue weighted by Crippen LogP contribution is -2.33. The first kappa shape index (κ1) is 16.2. The van der Waals surface area contributed by atoms with Crippen LogP contribution in [0.25, 0.3) is 10.9 Å². The molecule has 6 heteroatoms. The maximum Gasteiger partial charge on any atom is 0.261 e. The molecule has 0 spiro atoms. The van der Waals surface area contributed by atoms with Crippen LogP contribution in [-0.4, -0.2) is 15.5 Å². The SMILES string of the molecule is CC[C@H](C(=O)Nc1ccccc1Cl)n1cnc2ccccc2c1=O. The van der Waals surface area contributed by atoms with Gasteiger partial charge in [0.2, 0.25) is 5.91 Å². The molecule has 0 aliphatic heterocycles. The van der Waals surface area contributed by atoms with Crippen LogP contribution in [0.3, 0.4) is 0 Å². The van der Waals surface area contributed by atoms with Gasteiger partial charge >= 0.3 is 0 Å². The Balaban J connectivity index is 1.97. The first-order chi connectivity index (χ1) is 11.6. The number of rotatable bonds is 4. The molecule has 0 fully saturated rings. The third-order valence-electron chi connectivity index (χ3n) is 3.85. The molecule has 0 saturated carbocycles. The topological polar surface area (TPSA) is 64.0 Å². The smallest absolute Gasteiger partial charge is 0.261 e. The third kappa shape index (κ3) is 3.03. The van der Waals surface area contributed by atoms with Gasteiger partial charge in [-0.1, -0.05) is 42.8 Å². The largest absolute Gasteiger partial charge is 0.323 e. The molecule has 1 N–H and O–H groups in total.